The summed E-state index contributed by atoms with van der Waals surface area (Å²) >= 11 is 0. The number of halogens is 1. The van der Waals surface area contributed by atoms with Gasteiger partial charge in [0.15, 0.2) is 0 Å². The average molecular weight is 362 g/mol. The number of esters is 1. The molecule has 2 amide bonds. The van der Waals surface area contributed by atoms with Crippen LogP contribution in [0.4, 0.5) is 4.39 Å². The number of benzene rings is 1. The number of hydrogen-bond acceptors (Lipinski definition) is 4. The highest BCUT2D eigenvalue weighted by molar-refractivity contribution is 5.90. The van der Waals surface area contributed by atoms with Crippen LogP contribution in [0.5, 0.6) is 0 Å². The largest absolute Gasteiger partial charge is 0.467 e. The summed E-state index contributed by atoms with van der Waals surface area (Å²) in [5, 5.41) is 5.10. The maximum absolute atomic E-state index is 13.4. The molecule has 0 spiro atoms. The third-order valence-electron chi connectivity index (χ3n) is 3.64. The lowest BCUT2D eigenvalue weighted by molar-refractivity contribution is -0.145. The van der Waals surface area contributed by atoms with E-state index in [2.05, 4.69) is 16.6 Å². The zero-order chi connectivity index (χ0) is 19.5. The third-order valence-corrected chi connectivity index (χ3v) is 3.64. The molecule has 0 aliphatic carbocycles. The number of rotatable bonds is 9. The number of amides is 2. The number of methoxy groups -OCH3 is 1. The van der Waals surface area contributed by atoms with Crippen molar-refractivity contribution < 1.29 is 23.5 Å². The van der Waals surface area contributed by atoms with Gasteiger partial charge in [0.05, 0.1) is 7.11 Å². The van der Waals surface area contributed by atoms with Crippen molar-refractivity contribution in [2.75, 3.05) is 7.11 Å². The molecule has 7 heteroatoms. The number of hydrogen-bond donors (Lipinski definition) is 2. The smallest absolute Gasteiger partial charge is 0.328 e. The lowest BCUT2D eigenvalue weighted by atomic mass is 10.0. The Morgan fingerprint density at radius 1 is 1.27 bits per heavy atom. The Morgan fingerprint density at radius 2 is 2.00 bits per heavy atom. The molecule has 0 saturated heterocycles. The van der Waals surface area contributed by atoms with Gasteiger partial charge in [0, 0.05) is 19.8 Å². The molecule has 26 heavy (non-hydrogen) atoms. The molecule has 1 rings (SSSR count). The minimum Gasteiger partial charge on any atom is -0.467 e. The van der Waals surface area contributed by atoms with Crippen LogP contribution in [-0.4, -0.2) is 37.0 Å². The minimum absolute atomic E-state index is 0.0847. The molecule has 6 nitrogen and oxygen atoms in total. The Labute approximate surface area is 152 Å². The maximum atomic E-state index is 13.4. The van der Waals surface area contributed by atoms with Gasteiger partial charge in [-0.2, -0.15) is 0 Å². The number of terminal acetylenes is 1. The van der Waals surface area contributed by atoms with Crippen LogP contribution in [0.3, 0.4) is 0 Å². The normalized spacial score (nSPS) is 12.4. The predicted molar refractivity (Wildman–Crippen MR) is 94.3 cm³/mol. The molecule has 0 aliphatic heterocycles. The first kappa shape index (κ1) is 21.2. The molecular weight excluding hydrogens is 339 g/mol. The minimum atomic E-state index is -0.950. The van der Waals surface area contributed by atoms with Crippen LogP contribution in [0.1, 0.15) is 31.7 Å². The maximum Gasteiger partial charge on any atom is 0.328 e. The molecular formula is C19H23FN2O4. The van der Waals surface area contributed by atoms with Crippen molar-refractivity contribution in [3.05, 3.63) is 35.6 Å². The molecule has 2 atom stereocenters. The molecule has 140 valence electrons. The predicted octanol–water partition coefficient (Wildman–Crippen LogP) is 1.33. The fourth-order valence-electron chi connectivity index (χ4n) is 2.43. The van der Waals surface area contributed by atoms with Gasteiger partial charge in [-0.05, 0) is 30.5 Å². The van der Waals surface area contributed by atoms with Gasteiger partial charge in [-0.15, -0.1) is 12.3 Å². The van der Waals surface area contributed by atoms with Crippen molar-refractivity contribution in [1.82, 2.24) is 10.6 Å². The molecule has 2 N–H and O–H groups in total. The van der Waals surface area contributed by atoms with E-state index < -0.39 is 35.7 Å². The molecule has 0 radical (unpaired) electrons. The van der Waals surface area contributed by atoms with Gasteiger partial charge >= 0.3 is 5.97 Å². The summed E-state index contributed by atoms with van der Waals surface area (Å²) in [6, 6.07) is 3.92. The Hall–Kier alpha value is -2.88. The van der Waals surface area contributed by atoms with Gasteiger partial charge in [-0.3, -0.25) is 9.59 Å². The van der Waals surface area contributed by atoms with Crippen LogP contribution in [-0.2, 0) is 25.5 Å². The summed E-state index contributed by atoms with van der Waals surface area (Å²) in [6.07, 6.45) is 6.59. The van der Waals surface area contributed by atoms with Crippen molar-refractivity contribution in [3.8, 4) is 12.3 Å². The number of carbonyl (C=O) groups excluding carboxylic acids is 3. The van der Waals surface area contributed by atoms with Gasteiger partial charge in [0.2, 0.25) is 11.8 Å². The van der Waals surface area contributed by atoms with E-state index in [-0.39, 0.29) is 6.42 Å². The van der Waals surface area contributed by atoms with Crippen molar-refractivity contribution >= 4 is 17.8 Å². The van der Waals surface area contributed by atoms with E-state index in [1.807, 2.05) is 0 Å². The number of ether oxygens (including phenoxy) is 1. The summed E-state index contributed by atoms with van der Waals surface area (Å²) in [7, 11) is 1.22. The van der Waals surface area contributed by atoms with Gasteiger partial charge in [0.1, 0.15) is 17.9 Å². The number of unbranched alkanes of at least 4 members (excludes halogenated alkanes) is 1. The van der Waals surface area contributed by atoms with Crippen LogP contribution in [0.15, 0.2) is 24.3 Å². The molecule has 0 aliphatic rings. The van der Waals surface area contributed by atoms with E-state index in [0.717, 1.165) is 0 Å². The second-order valence-electron chi connectivity index (χ2n) is 5.77. The van der Waals surface area contributed by atoms with Crippen LogP contribution in [0, 0.1) is 18.2 Å². The first-order valence-corrected chi connectivity index (χ1v) is 8.20. The van der Waals surface area contributed by atoms with Crippen molar-refractivity contribution in [1.29, 1.82) is 0 Å². The molecule has 0 fully saturated rings. The van der Waals surface area contributed by atoms with Gasteiger partial charge in [-0.25, -0.2) is 9.18 Å². The van der Waals surface area contributed by atoms with Gasteiger partial charge in [0.25, 0.3) is 0 Å². The standard InChI is InChI=1S/C19H23FN2O4/c1-4-5-6-10-16(19(25)26-3)22-18(24)17(21-13(2)23)12-14-8-7-9-15(20)11-14/h1,7-9,11,16-17H,5-6,10,12H2,2-3H3,(H,21,23)(H,22,24)/t16-,17+/m1/s1. The second kappa shape index (κ2) is 10.9. The summed E-state index contributed by atoms with van der Waals surface area (Å²) in [4.78, 5) is 35.9. The van der Waals surface area contributed by atoms with E-state index in [4.69, 9.17) is 11.2 Å². The van der Waals surface area contributed by atoms with Gasteiger partial charge in [-0.1, -0.05) is 12.1 Å². The van der Waals surface area contributed by atoms with Crippen molar-refractivity contribution in [2.45, 2.75) is 44.7 Å². The topological polar surface area (TPSA) is 84.5 Å². The van der Waals surface area contributed by atoms with E-state index in [9.17, 15) is 18.8 Å². The summed E-state index contributed by atoms with van der Waals surface area (Å²) in [5.41, 5.74) is 0.542. The quantitative estimate of drug-likeness (QED) is 0.394. The summed E-state index contributed by atoms with van der Waals surface area (Å²) in [6.45, 7) is 1.27. The monoisotopic (exact) mass is 362 g/mol. The van der Waals surface area contributed by atoms with Gasteiger partial charge < -0.3 is 15.4 Å². The highest BCUT2D eigenvalue weighted by Crippen LogP contribution is 2.08. The summed E-state index contributed by atoms with van der Waals surface area (Å²) in [5.74, 6) is 0.461. The van der Waals surface area contributed by atoms with E-state index in [0.29, 0.717) is 24.8 Å². The Morgan fingerprint density at radius 3 is 2.58 bits per heavy atom. The Kier molecular flexibility index (Phi) is 8.85. The second-order valence-corrected chi connectivity index (χ2v) is 5.77. The average Bonchev–Trinajstić information content (AvgIpc) is 2.59. The van der Waals surface area contributed by atoms with Crippen molar-refractivity contribution in [3.63, 3.8) is 0 Å². The fourth-order valence-corrected chi connectivity index (χ4v) is 2.43. The van der Waals surface area contributed by atoms with E-state index in [1.54, 1.807) is 6.07 Å². The molecule has 0 heterocycles. The molecule has 1 aromatic carbocycles. The lowest BCUT2D eigenvalue weighted by Crippen LogP contribution is -2.52. The third kappa shape index (κ3) is 7.34. The fraction of sp³-hybridized carbons (Fsp3) is 0.421. The number of carbonyl (C=O) groups is 3. The first-order valence-electron chi connectivity index (χ1n) is 8.20. The molecule has 0 aromatic heterocycles. The van der Waals surface area contributed by atoms with Crippen LogP contribution >= 0.6 is 0 Å². The molecule has 0 unspecified atom stereocenters. The zero-order valence-corrected chi connectivity index (χ0v) is 14.9. The molecule has 0 bridgehead atoms. The van der Waals surface area contributed by atoms with Crippen LogP contribution in [0.25, 0.3) is 0 Å². The van der Waals surface area contributed by atoms with E-state index in [1.165, 1.54) is 32.2 Å². The van der Waals surface area contributed by atoms with Crippen LogP contribution in [0.2, 0.25) is 0 Å². The SMILES string of the molecule is C#CCCC[C@@H](NC(=O)[C@H](Cc1cccc(F)c1)NC(C)=O)C(=O)OC. The first-order chi connectivity index (χ1) is 12.4. The highest BCUT2D eigenvalue weighted by atomic mass is 19.1. The van der Waals surface area contributed by atoms with E-state index >= 15 is 0 Å². The molecule has 0 saturated carbocycles. The zero-order valence-electron chi connectivity index (χ0n) is 14.9. The summed E-state index contributed by atoms with van der Waals surface area (Å²) < 4.78 is 18.0. The molecule has 1 aromatic rings. The lowest BCUT2D eigenvalue weighted by Gasteiger charge is -2.22. The number of nitrogens with one attached hydrogen (secondary N) is 2. The van der Waals surface area contributed by atoms with Crippen LogP contribution < -0.4 is 10.6 Å². The highest BCUT2D eigenvalue weighted by Gasteiger charge is 2.26. The van der Waals surface area contributed by atoms with Crippen molar-refractivity contribution in [2.24, 2.45) is 0 Å². The Bertz CT molecular complexity index is 684. The Balaban J connectivity index is 2.86.